The minimum atomic E-state index is 0.762. The number of anilines is 2. The molecular formula is C26H24N2. The van der Waals surface area contributed by atoms with Crippen molar-refractivity contribution in [3.8, 4) is 33.4 Å². The monoisotopic (exact) mass is 364 g/mol. The van der Waals surface area contributed by atoms with Crippen LogP contribution in [-0.2, 0) is 0 Å². The first-order valence-electron chi connectivity index (χ1n) is 9.47. The fourth-order valence-corrected chi connectivity index (χ4v) is 3.83. The molecule has 0 aliphatic heterocycles. The van der Waals surface area contributed by atoms with Crippen molar-refractivity contribution in [1.29, 1.82) is 0 Å². The summed E-state index contributed by atoms with van der Waals surface area (Å²) in [4.78, 5) is 0. The summed E-state index contributed by atoms with van der Waals surface area (Å²) in [5, 5.41) is 0. The minimum Gasteiger partial charge on any atom is -0.399 e. The number of nitrogen functional groups attached to an aromatic ring is 2. The number of benzene rings is 4. The van der Waals surface area contributed by atoms with Gasteiger partial charge in [0.2, 0.25) is 0 Å². The standard InChI is InChI=1S/C26H24N2/c1-17-18(2)26(28)25(20-11-7-4-8-12-20)24(19-9-5-3-6-10-19)23(17)21-13-15-22(27)16-14-21/h3-16H,27-28H2,1-2H3. The van der Waals surface area contributed by atoms with Gasteiger partial charge in [-0.3, -0.25) is 0 Å². The molecule has 2 heteroatoms. The molecule has 0 atom stereocenters. The zero-order valence-corrected chi connectivity index (χ0v) is 16.2. The molecule has 4 aromatic carbocycles. The molecule has 0 aliphatic rings. The van der Waals surface area contributed by atoms with E-state index >= 15 is 0 Å². The van der Waals surface area contributed by atoms with Gasteiger partial charge in [-0.05, 0) is 64.9 Å². The summed E-state index contributed by atoms with van der Waals surface area (Å²) in [6.45, 7) is 4.26. The van der Waals surface area contributed by atoms with Gasteiger partial charge in [0.05, 0.1) is 0 Å². The maximum atomic E-state index is 6.70. The zero-order valence-electron chi connectivity index (χ0n) is 16.2. The Morgan fingerprint density at radius 1 is 0.464 bits per heavy atom. The van der Waals surface area contributed by atoms with E-state index in [2.05, 4.69) is 74.5 Å². The Labute approximate surface area is 166 Å². The minimum absolute atomic E-state index is 0.762. The summed E-state index contributed by atoms with van der Waals surface area (Å²) in [5.74, 6) is 0. The molecule has 4 aromatic rings. The first-order chi connectivity index (χ1) is 13.6. The van der Waals surface area contributed by atoms with Crippen LogP contribution in [0.25, 0.3) is 33.4 Å². The summed E-state index contributed by atoms with van der Waals surface area (Å²) in [7, 11) is 0. The molecular weight excluding hydrogens is 340 g/mol. The Morgan fingerprint density at radius 2 is 0.929 bits per heavy atom. The second-order valence-corrected chi connectivity index (χ2v) is 7.14. The van der Waals surface area contributed by atoms with E-state index < -0.39 is 0 Å². The highest BCUT2D eigenvalue weighted by molar-refractivity contribution is 6.02. The van der Waals surface area contributed by atoms with E-state index in [0.717, 1.165) is 44.8 Å². The van der Waals surface area contributed by atoms with Crippen molar-refractivity contribution in [2.45, 2.75) is 13.8 Å². The van der Waals surface area contributed by atoms with Crippen LogP contribution in [0.15, 0.2) is 84.9 Å². The van der Waals surface area contributed by atoms with Gasteiger partial charge in [0.1, 0.15) is 0 Å². The van der Waals surface area contributed by atoms with E-state index in [1.54, 1.807) is 0 Å². The fourth-order valence-electron chi connectivity index (χ4n) is 3.83. The Morgan fingerprint density at radius 3 is 1.46 bits per heavy atom. The Balaban J connectivity index is 2.16. The molecule has 138 valence electrons. The van der Waals surface area contributed by atoms with Gasteiger partial charge in [-0.2, -0.15) is 0 Å². The lowest BCUT2D eigenvalue weighted by atomic mass is 9.82. The van der Waals surface area contributed by atoms with Crippen molar-refractivity contribution in [2.24, 2.45) is 0 Å². The number of rotatable bonds is 3. The highest BCUT2D eigenvalue weighted by atomic mass is 14.6. The van der Waals surface area contributed by atoms with Crippen LogP contribution >= 0.6 is 0 Å². The molecule has 0 unspecified atom stereocenters. The summed E-state index contributed by atoms with van der Waals surface area (Å²) >= 11 is 0. The van der Waals surface area contributed by atoms with E-state index in [1.165, 1.54) is 11.1 Å². The Bertz CT molecular complexity index is 1110. The number of hydrogen-bond donors (Lipinski definition) is 2. The van der Waals surface area contributed by atoms with Gasteiger partial charge in [0.15, 0.2) is 0 Å². The molecule has 0 bridgehead atoms. The summed E-state index contributed by atoms with van der Waals surface area (Å²) < 4.78 is 0. The smallest absolute Gasteiger partial charge is 0.0432 e. The van der Waals surface area contributed by atoms with E-state index in [9.17, 15) is 0 Å². The molecule has 0 heterocycles. The maximum absolute atomic E-state index is 6.70. The fraction of sp³-hybridized carbons (Fsp3) is 0.0769. The normalized spacial score (nSPS) is 10.8. The third kappa shape index (κ3) is 3.03. The second-order valence-electron chi connectivity index (χ2n) is 7.14. The number of nitrogens with two attached hydrogens (primary N) is 2. The van der Waals surface area contributed by atoms with Gasteiger partial charge >= 0.3 is 0 Å². The van der Waals surface area contributed by atoms with Gasteiger partial charge in [-0.1, -0.05) is 72.8 Å². The van der Waals surface area contributed by atoms with Crippen LogP contribution in [0.4, 0.5) is 11.4 Å². The summed E-state index contributed by atoms with van der Waals surface area (Å²) in [5.41, 5.74) is 23.4. The summed E-state index contributed by atoms with van der Waals surface area (Å²) in [6.07, 6.45) is 0. The SMILES string of the molecule is Cc1c(C)c(-c2ccc(N)cc2)c(-c2ccccc2)c(-c2ccccc2)c1N. The molecule has 0 spiro atoms. The first-order valence-corrected chi connectivity index (χ1v) is 9.47. The van der Waals surface area contributed by atoms with Crippen molar-refractivity contribution in [1.82, 2.24) is 0 Å². The summed E-state index contributed by atoms with van der Waals surface area (Å²) in [6, 6.07) is 29.0. The molecule has 2 nitrogen and oxygen atoms in total. The molecule has 0 fully saturated rings. The molecule has 0 aliphatic carbocycles. The van der Waals surface area contributed by atoms with Crippen molar-refractivity contribution >= 4 is 11.4 Å². The average Bonchev–Trinajstić information content (AvgIpc) is 2.74. The molecule has 4 rings (SSSR count). The quantitative estimate of drug-likeness (QED) is 0.409. The van der Waals surface area contributed by atoms with Crippen molar-refractivity contribution < 1.29 is 0 Å². The number of hydrogen-bond acceptors (Lipinski definition) is 2. The molecule has 0 amide bonds. The first kappa shape index (κ1) is 17.9. The Kier molecular flexibility index (Phi) is 4.62. The Hall–Kier alpha value is -3.52. The molecule has 28 heavy (non-hydrogen) atoms. The largest absolute Gasteiger partial charge is 0.399 e. The third-order valence-corrected chi connectivity index (χ3v) is 5.44. The van der Waals surface area contributed by atoms with Gasteiger partial charge in [-0.25, -0.2) is 0 Å². The van der Waals surface area contributed by atoms with E-state index in [1.807, 2.05) is 24.3 Å². The second kappa shape index (κ2) is 7.24. The van der Waals surface area contributed by atoms with E-state index in [0.29, 0.717) is 0 Å². The van der Waals surface area contributed by atoms with Crippen LogP contribution in [0.3, 0.4) is 0 Å². The lowest BCUT2D eigenvalue weighted by Crippen LogP contribution is -2.03. The lowest BCUT2D eigenvalue weighted by molar-refractivity contribution is 1.34. The highest BCUT2D eigenvalue weighted by Crippen LogP contribution is 2.47. The van der Waals surface area contributed by atoms with Gasteiger partial charge in [0.25, 0.3) is 0 Å². The molecule has 4 N–H and O–H groups in total. The third-order valence-electron chi connectivity index (χ3n) is 5.44. The van der Waals surface area contributed by atoms with Gasteiger partial charge < -0.3 is 11.5 Å². The molecule has 0 saturated heterocycles. The van der Waals surface area contributed by atoms with Gasteiger partial charge in [0, 0.05) is 16.9 Å². The van der Waals surface area contributed by atoms with Crippen molar-refractivity contribution in [3.05, 3.63) is 96.1 Å². The lowest BCUT2D eigenvalue weighted by Gasteiger charge is -2.23. The molecule has 0 aromatic heterocycles. The van der Waals surface area contributed by atoms with Crippen LogP contribution in [0.1, 0.15) is 11.1 Å². The highest BCUT2D eigenvalue weighted by Gasteiger charge is 2.21. The van der Waals surface area contributed by atoms with Crippen LogP contribution in [-0.4, -0.2) is 0 Å². The maximum Gasteiger partial charge on any atom is 0.0432 e. The van der Waals surface area contributed by atoms with Crippen molar-refractivity contribution in [2.75, 3.05) is 11.5 Å². The van der Waals surface area contributed by atoms with Crippen LogP contribution in [0.2, 0.25) is 0 Å². The zero-order chi connectivity index (χ0) is 19.7. The van der Waals surface area contributed by atoms with E-state index in [4.69, 9.17) is 11.5 Å². The van der Waals surface area contributed by atoms with Gasteiger partial charge in [-0.15, -0.1) is 0 Å². The van der Waals surface area contributed by atoms with Crippen LogP contribution in [0, 0.1) is 13.8 Å². The predicted molar refractivity (Wildman–Crippen MR) is 121 cm³/mol. The van der Waals surface area contributed by atoms with Crippen LogP contribution < -0.4 is 11.5 Å². The average molecular weight is 364 g/mol. The predicted octanol–water partition coefficient (Wildman–Crippen LogP) is 6.47. The van der Waals surface area contributed by atoms with Crippen LogP contribution in [0.5, 0.6) is 0 Å². The van der Waals surface area contributed by atoms with Crippen molar-refractivity contribution in [3.63, 3.8) is 0 Å². The molecule has 0 saturated carbocycles. The topological polar surface area (TPSA) is 52.0 Å². The molecule has 0 radical (unpaired) electrons. The van der Waals surface area contributed by atoms with E-state index in [-0.39, 0.29) is 0 Å².